The van der Waals surface area contributed by atoms with E-state index in [4.69, 9.17) is 4.74 Å². The number of anilines is 1. The molecule has 0 spiro atoms. The van der Waals surface area contributed by atoms with Crippen LogP contribution in [0.1, 0.15) is 18.5 Å². The van der Waals surface area contributed by atoms with Crippen LogP contribution >= 0.6 is 15.9 Å². The molecule has 0 amide bonds. The lowest BCUT2D eigenvalue weighted by molar-refractivity contribution is 0.0480. The van der Waals surface area contributed by atoms with Gasteiger partial charge >= 0.3 is 0 Å². The second-order valence-corrected chi connectivity index (χ2v) is 5.91. The van der Waals surface area contributed by atoms with Gasteiger partial charge in [0.2, 0.25) is 0 Å². The summed E-state index contributed by atoms with van der Waals surface area (Å²) in [6.45, 7) is 4.78. The van der Waals surface area contributed by atoms with Gasteiger partial charge in [0.1, 0.15) is 5.52 Å². The Labute approximate surface area is 127 Å². The summed E-state index contributed by atoms with van der Waals surface area (Å²) in [6.07, 6.45) is 6.22. The number of aryl methyl sites for hydroxylation is 1. The minimum Gasteiger partial charge on any atom is -0.377 e. The Kier molecular flexibility index (Phi) is 4.21. The normalized spacial score (nSPS) is 17.0. The zero-order chi connectivity index (χ0) is 13.9. The van der Waals surface area contributed by atoms with Gasteiger partial charge < -0.3 is 9.64 Å². The molecule has 2 aromatic rings. The predicted octanol–water partition coefficient (Wildman–Crippen LogP) is 2.42. The Morgan fingerprint density at radius 2 is 2.20 bits per heavy atom. The van der Waals surface area contributed by atoms with E-state index in [-0.39, 0.29) is 0 Å². The number of hydrogen-bond donors (Lipinski definition) is 0. The molecule has 0 N–H and O–H groups in total. The Hall–Kier alpha value is -1.14. The van der Waals surface area contributed by atoms with Gasteiger partial charge in [0.15, 0.2) is 5.82 Å². The minimum absolute atomic E-state index is 0.384. The number of ether oxygens (including phenoxy) is 1. The lowest BCUT2D eigenvalue weighted by atomic mass is 10.1. The molecule has 0 bridgehead atoms. The minimum atomic E-state index is 0.384. The van der Waals surface area contributed by atoms with E-state index in [2.05, 4.69) is 37.0 Å². The molecule has 0 radical (unpaired) electrons. The Morgan fingerprint density at radius 3 is 2.95 bits per heavy atom. The second kappa shape index (κ2) is 6.10. The van der Waals surface area contributed by atoms with Crippen LogP contribution in [-0.2, 0) is 4.74 Å². The average Bonchev–Trinajstić information content (AvgIpc) is 2.85. The highest BCUT2D eigenvalue weighted by Gasteiger charge is 2.22. The Morgan fingerprint density at radius 1 is 1.40 bits per heavy atom. The molecule has 3 rings (SSSR count). The van der Waals surface area contributed by atoms with Crippen molar-refractivity contribution in [2.45, 2.75) is 25.9 Å². The number of rotatable bonds is 4. The number of hydrogen-bond acceptors (Lipinski definition) is 4. The number of piperidine rings is 1. The summed E-state index contributed by atoms with van der Waals surface area (Å²) in [7, 11) is 0. The third-order valence-corrected chi connectivity index (χ3v) is 3.99. The van der Waals surface area contributed by atoms with E-state index in [1.165, 1.54) is 0 Å². The van der Waals surface area contributed by atoms with Gasteiger partial charge in [-0.05, 0) is 25.8 Å². The summed E-state index contributed by atoms with van der Waals surface area (Å²) in [5.74, 6) is 1.03. The molecule has 1 fully saturated rings. The monoisotopic (exact) mass is 338 g/mol. The van der Waals surface area contributed by atoms with E-state index in [0.717, 1.165) is 54.9 Å². The highest BCUT2D eigenvalue weighted by Crippen LogP contribution is 2.24. The van der Waals surface area contributed by atoms with Crippen LogP contribution in [0.2, 0.25) is 0 Å². The van der Waals surface area contributed by atoms with Crippen molar-refractivity contribution in [3.63, 3.8) is 0 Å². The van der Waals surface area contributed by atoms with Crippen LogP contribution < -0.4 is 4.90 Å². The lowest BCUT2D eigenvalue weighted by Gasteiger charge is -2.32. The molecular formula is C14H19BrN4O. The Bertz CT molecular complexity index is 578. The highest BCUT2D eigenvalue weighted by atomic mass is 79.9. The highest BCUT2D eigenvalue weighted by molar-refractivity contribution is 9.09. The number of halogens is 1. The first-order valence-corrected chi connectivity index (χ1v) is 8.13. The summed E-state index contributed by atoms with van der Waals surface area (Å²) in [5, 5.41) is 5.35. The molecular weight excluding hydrogens is 320 g/mol. The molecule has 108 valence electrons. The van der Waals surface area contributed by atoms with Gasteiger partial charge in [-0.15, -0.1) is 0 Å². The molecule has 3 heterocycles. The van der Waals surface area contributed by atoms with Gasteiger partial charge in [-0.3, -0.25) is 0 Å². The predicted molar refractivity (Wildman–Crippen MR) is 82.7 cm³/mol. The van der Waals surface area contributed by atoms with Crippen molar-refractivity contribution in [3.05, 3.63) is 24.2 Å². The standard InChI is InChI=1S/C14H19BrN4O/c1-11-10-13-14(16-5-8-19(13)17-11)18-6-2-12(3-7-18)20-9-4-15/h5,8,10,12H,2-4,6-7,9H2,1H3. The van der Waals surface area contributed by atoms with Crippen molar-refractivity contribution < 1.29 is 4.74 Å². The molecule has 20 heavy (non-hydrogen) atoms. The van der Waals surface area contributed by atoms with Crippen LogP contribution in [0.15, 0.2) is 18.5 Å². The van der Waals surface area contributed by atoms with Crippen LogP contribution in [0.3, 0.4) is 0 Å². The summed E-state index contributed by atoms with van der Waals surface area (Å²) in [5.41, 5.74) is 2.11. The molecule has 0 atom stereocenters. The summed E-state index contributed by atoms with van der Waals surface area (Å²) in [4.78, 5) is 6.89. The number of fused-ring (bicyclic) bond motifs is 1. The van der Waals surface area contributed by atoms with Crippen molar-refractivity contribution in [2.75, 3.05) is 29.9 Å². The average molecular weight is 339 g/mol. The Balaban J connectivity index is 1.73. The third-order valence-electron chi connectivity index (χ3n) is 3.66. The van der Waals surface area contributed by atoms with Crippen molar-refractivity contribution in [1.82, 2.24) is 14.6 Å². The van der Waals surface area contributed by atoms with Crippen molar-refractivity contribution in [1.29, 1.82) is 0 Å². The van der Waals surface area contributed by atoms with Crippen LogP contribution in [-0.4, -0.2) is 45.7 Å². The van der Waals surface area contributed by atoms with Crippen LogP contribution in [0.25, 0.3) is 5.52 Å². The smallest absolute Gasteiger partial charge is 0.154 e. The molecule has 6 heteroatoms. The van der Waals surface area contributed by atoms with E-state index in [9.17, 15) is 0 Å². The van der Waals surface area contributed by atoms with Crippen LogP contribution in [0, 0.1) is 6.92 Å². The molecule has 1 aliphatic heterocycles. The van der Waals surface area contributed by atoms with E-state index in [1.54, 1.807) is 0 Å². The van der Waals surface area contributed by atoms with Crippen molar-refractivity contribution in [2.24, 2.45) is 0 Å². The van der Waals surface area contributed by atoms with Gasteiger partial charge in [-0.2, -0.15) is 5.10 Å². The molecule has 0 aliphatic carbocycles. The zero-order valence-electron chi connectivity index (χ0n) is 11.6. The fraction of sp³-hybridized carbons (Fsp3) is 0.571. The summed E-state index contributed by atoms with van der Waals surface area (Å²) < 4.78 is 7.70. The maximum absolute atomic E-state index is 5.80. The molecule has 0 aromatic carbocycles. The zero-order valence-corrected chi connectivity index (χ0v) is 13.2. The quantitative estimate of drug-likeness (QED) is 0.803. The maximum Gasteiger partial charge on any atom is 0.154 e. The van der Waals surface area contributed by atoms with Crippen LogP contribution in [0.4, 0.5) is 5.82 Å². The van der Waals surface area contributed by atoms with E-state index in [0.29, 0.717) is 6.10 Å². The molecule has 1 saturated heterocycles. The first kappa shape index (κ1) is 13.8. The third kappa shape index (κ3) is 2.81. The number of nitrogens with zero attached hydrogens (tertiary/aromatic N) is 4. The summed E-state index contributed by atoms with van der Waals surface area (Å²) >= 11 is 3.40. The van der Waals surface area contributed by atoms with Gasteiger partial charge in [0, 0.05) is 30.8 Å². The van der Waals surface area contributed by atoms with Crippen LogP contribution in [0.5, 0.6) is 0 Å². The molecule has 0 saturated carbocycles. The van der Waals surface area contributed by atoms with Gasteiger partial charge in [-0.25, -0.2) is 9.50 Å². The van der Waals surface area contributed by atoms with E-state index >= 15 is 0 Å². The summed E-state index contributed by atoms with van der Waals surface area (Å²) in [6, 6.07) is 2.09. The molecule has 0 unspecified atom stereocenters. The van der Waals surface area contributed by atoms with Gasteiger partial charge in [0.25, 0.3) is 0 Å². The van der Waals surface area contributed by atoms with E-state index < -0.39 is 0 Å². The fourth-order valence-electron chi connectivity index (χ4n) is 2.72. The van der Waals surface area contributed by atoms with Gasteiger partial charge in [0.05, 0.1) is 18.4 Å². The topological polar surface area (TPSA) is 42.7 Å². The van der Waals surface area contributed by atoms with Gasteiger partial charge in [-0.1, -0.05) is 15.9 Å². The molecule has 1 aliphatic rings. The lowest BCUT2D eigenvalue weighted by Crippen LogP contribution is -2.38. The first-order valence-electron chi connectivity index (χ1n) is 7.01. The maximum atomic E-state index is 5.80. The molecule has 5 nitrogen and oxygen atoms in total. The fourth-order valence-corrected chi connectivity index (χ4v) is 2.91. The van der Waals surface area contributed by atoms with Crippen molar-refractivity contribution in [3.8, 4) is 0 Å². The largest absolute Gasteiger partial charge is 0.377 e. The second-order valence-electron chi connectivity index (χ2n) is 5.11. The van der Waals surface area contributed by atoms with E-state index in [1.807, 2.05) is 23.8 Å². The SMILES string of the molecule is Cc1cc2c(N3CCC(OCCBr)CC3)nccn2n1. The number of alkyl halides is 1. The number of aromatic nitrogens is 3. The van der Waals surface area contributed by atoms with Crippen molar-refractivity contribution >= 4 is 27.3 Å². The first-order chi connectivity index (χ1) is 9.78. The molecule has 2 aromatic heterocycles.